The maximum absolute atomic E-state index is 12.7. The van der Waals surface area contributed by atoms with Gasteiger partial charge in [-0.2, -0.15) is 0 Å². The van der Waals surface area contributed by atoms with Crippen LogP contribution in [-0.4, -0.2) is 34.9 Å². The topological polar surface area (TPSA) is 98.7 Å². The van der Waals surface area contributed by atoms with E-state index in [-0.39, 0.29) is 12.3 Å². The molecule has 2 amide bonds. The van der Waals surface area contributed by atoms with Crippen molar-refractivity contribution in [2.45, 2.75) is 31.7 Å². The molecule has 0 spiro atoms. The number of carbonyl (C=O) groups excluding carboxylic acids is 2. The minimum atomic E-state index is -1.71. The summed E-state index contributed by atoms with van der Waals surface area (Å²) in [4.78, 5) is 25.2. The van der Waals surface area contributed by atoms with Gasteiger partial charge >= 0.3 is 7.12 Å². The number of hydrogen-bond donors (Lipinski definition) is 4. The Hall–Kier alpha value is -2.64. The normalized spacial score (nSPS) is 15.5. The van der Waals surface area contributed by atoms with Crippen LogP contribution < -0.4 is 10.6 Å². The molecule has 0 bridgehead atoms. The lowest BCUT2D eigenvalue weighted by Gasteiger charge is -2.22. The standard InChI is InChI=1S/C20H23BN2O4/c24-18(22-14-16-9-5-2-6-10-16)20(11-12-20)19(25)23-17(21(26)27)13-15-7-3-1-4-8-15/h1-10,17,26-27H,11-14H2,(H,22,24)(H,23,25)/t17-/m0/s1. The Labute approximate surface area is 158 Å². The molecule has 1 aliphatic carbocycles. The van der Waals surface area contributed by atoms with Crippen LogP contribution in [0.3, 0.4) is 0 Å². The van der Waals surface area contributed by atoms with Gasteiger partial charge in [0.1, 0.15) is 5.41 Å². The second kappa shape index (κ2) is 8.37. The van der Waals surface area contributed by atoms with Gasteiger partial charge in [-0.25, -0.2) is 0 Å². The predicted molar refractivity (Wildman–Crippen MR) is 102 cm³/mol. The summed E-state index contributed by atoms with van der Waals surface area (Å²) < 4.78 is 0. The number of carbonyl (C=O) groups is 2. The molecule has 140 valence electrons. The molecule has 1 aliphatic rings. The minimum Gasteiger partial charge on any atom is -0.426 e. The van der Waals surface area contributed by atoms with Gasteiger partial charge in [-0.3, -0.25) is 9.59 Å². The van der Waals surface area contributed by atoms with Crippen LogP contribution in [0.2, 0.25) is 0 Å². The van der Waals surface area contributed by atoms with E-state index in [0.717, 1.165) is 11.1 Å². The number of rotatable bonds is 8. The fraction of sp³-hybridized carbons (Fsp3) is 0.300. The average molecular weight is 366 g/mol. The number of nitrogens with one attached hydrogen (secondary N) is 2. The van der Waals surface area contributed by atoms with Crippen LogP contribution in [0.1, 0.15) is 24.0 Å². The van der Waals surface area contributed by atoms with Crippen LogP contribution in [0, 0.1) is 5.41 Å². The van der Waals surface area contributed by atoms with Crippen molar-refractivity contribution in [3.63, 3.8) is 0 Å². The summed E-state index contributed by atoms with van der Waals surface area (Å²) in [5.41, 5.74) is 0.711. The Balaban J connectivity index is 1.60. The highest BCUT2D eigenvalue weighted by Crippen LogP contribution is 2.46. The van der Waals surface area contributed by atoms with E-state index in [0.29, 0.717) is 19.4 Å². The van der Waals surface area contributed by atoms with Gasteiger partial charge in [0, 0.05) is 6.54 Å². The van der Waals surface area contributed by atoms with Crippen molar-refractivity contribution >= 4 is 18.9 Å². The molecular weight excluding hydrogens is 343 g/mol. The van der Waals surface area contributed by atoms with Crippen molar-refractivity contribution in [2.75, 3.05) is 0 Å². The van der Waals surface area contributed by atoms with E-state index in [4.69, 9.17) is 0 Å². The van der Waals surface area contributed by atoms with E-state index < -0.39 is 24.4 Å². The molecular formula is C20H23BN2O4. The third-order valence-electron chi connectivity index (χ3n) is 4.89. The zero-order chi connectivity index (χ0) is 19.3. The van der Waals surface area contributed by atoms with Gasteiger partial charge in [-0.15, -0.1) is 0 Å². The number of benzene rings is 2. The van der Waals surface area contributed by atoms with Crippen molar-refractivity contribution in [1.82, 2.24) is 10.6 Å². The van der Waals surface area contributed by atoms with Crippen molar-refractivity contribution in [2.24, 2.45) is 5.41 Å². The third-order valence-corrected chi connectivity index (χ3v) is 4.89. The third kappa shape index (κ3) is 4.75. The minimum absolute atomic E-state index is 0.270. The van der Waals surface area contributed by atoms with Crippen LogP contribution in [0.5, 0.6) is 0 Å². The molecule has 0 aliphatic heterocycles. The van der Waals surface area contributed by atoms with Crippen LogP contribution in [0.15, 0.2) is 60.7 Å². The highest BCUT2D eigenvalue weighted by molar-refractivity contribution is 6.43. The van der Waals surface area contributed by atoms with E-state index in [2.05, 4.69) is 10.6 Å². The van der Waals surface area contributed by atoms with E-state index in [1.807, 2.05) is 60.7 Å². The lowest BCUT2D eigenvalue weighted by Crippen LogP contribution is -2.52. The second-order valence-electron chi connectivity index (χ2n) is 6.93. The maximum Gasteiger partial charge on any atom is 0.475 e. The molecule has 4 N–H and O–H groups in total. The Bertz CT molecular complexity index is 779. The Kier molecular flexibility index (Phi) is 5.93. The van der Waals surface area contributed by atoms with E-state index in [1.165, 1.54) is 0 Å². The molecule has 0 aromatic heterocycles. The molecule has 27 heavy (non-hydrogen) atoms. The summed E-state index contributed by atoms with van der Waals surface area (Å²) >= 11 is 0. The van der Waals surface area contributed by atoms with Gasteiger partial charge in [0.15, 0.2) is 0 Å². The first-order valence-electron chi connectivity index (χ1n) is 9.04. The van der Waals surface area contributed by atoms with Crippen LogP contribution >= 0.6 is 0 Å². The molecule has 0 saturated heterocycles. The van der Waals surface area contributed by atoms with Gasteiger partial charge < -0.3 is 20.7 Å². The zero-order valence-electron chi connectivity index (χ0n) is 15.0. The number of amides is 2. The van der Waals surface area contributed by atoms with Gasteiger partial charge in [0.2, 0.25) is 11.8 Å². The molecule has 0 heterocycles. The first kappa shape index (κ1) is 19.1. The van der Waals surface area contributed by atoms with Crippen LogP contribution in [-0.2, 0) is 22.6 Å². The second-order valence-corrected chi connectivity index (χ2v) is 6.93. The molecule has 7 heteroatoms. The summed E-state index contributed by atoms with van der Waals surface area (Å²) in [6.07, 6.45) is 1.18. The molecule has 2 aromatic rings. The van der Waals surface area contributed by atoms with Gasteiger partial charge in [0.25, 0.3) is 0 Å². The summed E-state index contributed by atoms with van der Waals surface area (Å²) in [7, 11) is -1.71. The lowest BCUT2D eigenvalue weighted by atomic mass is 9.75. The Morgan fingerprint density at radius 1 is 0.926 bits per heavy atom. The molecule has 2 aromatic carbocycles. The van der Waals surface area contributed by atoms with Gasteiger partial charge in [-0.1, -0.05) is 60.7 Å². The van der Waals surface area contributed by atoms with Gasteiger partial charge in [-0.05, 0) is 30.4 Å². The van der Waals surface area contributed by atoms with Crippen LogP contribution in [0.25, 0.3) is 0 Å². The molecule has 1 atom stereocenters. The molecule has 0 unspecified atom stereocenters. The van der Waals surface area contributed by atoms with Gasteiger partial charge in [0.05, 0.1) is 5.94 Å². The summed E-state index contributed by atoms with van der Waals surface area (Å²) in [5, 5.41) is 24.7. The summed E-state index contributed by atoms with van der Waals surface area (Å²) in [5.74, 6) is -1.66. The zero-order valence-corrected chi connectivity index (χ0v) is 15.0. The average Bonchev–Trinajstić information content (AvgIpc) is 3.49. The molecule has 1 fully saturated rings. The highest BCUT2D eigenvalue weighted by atomic mass is 16.4. The SMILES string of the molecule is O=C(NCc1ccccc1)C1(C(=O)N[C@@H](Cc2ccccc2)B(O)O)CC1. The van der Waals surface area contributed by atoms with Crippen molar-refractivity contribution in [3.05, 3.63) is 71.8 Å². The van der Waals surface area contributed by atoms with Crippen LogP contribution in [0.4, 0.5) is 0 Å². The first-order valence-corrected chi connectivity index (χ1v) is 9.04. The number of hydrogen-bond acceptors (Lipinski definition) is 4. The maximum atomic E-state index is 12.7. The van der Waals surface area contributed by atoms with E-state index in [9.17, 15) is 19.6 Å². The Morgan fingerprint density at radius 2 is 1.48 bits per heavy atom. The van der Waals surface area contributed by atoms with Crippen molar-refractivity contribution in [1.29, 1.82) is 0 Å². The molecule has 1 saturated carbocycles. The first-order chi connectivity index (χ1) is 13.0. The highest BCUT2D eigenvalue weighted by Gasteiger charge is 2.57. The summed E-state index contributed by atoms with van der Waals surface area (Å²) in [6.45, 7) is 0.352. The van der Waals surface area contributed by atoms with Crippen molar-refractivity contribution in [3.8, 4) is 0 Å². The fourth-order valence-electron chi connectivity index (χ4n) is 3.04. The smallest absolute Gasteiger partial charge is 0.426 e. The van der Waals surface area contributed by atoms with E-state index >= 15 is 0 Å². The van der Waals surface area contributed by atoms with E-state index in [1.54, 1.807) is 0 Å². The lowest BCUT2D eigenvalue weighted by molar-refractivity contribution is -0.137. The summed E-state index contributed by atoms with van der Waals surface area (Å²) in [6, 6.07) is 18.7. The largest absolute Gasteiger partial charge is 0.475 e. The molecule has 6 nitrogen and oxygen atoms in total. The predicted octanol–water partition coefficient (Wildman–Crippen LogP) is 0.822. The quantitative estimate of drug-likeness (QED) is 0.411. The fourth-order valence-corrected chi connectivity index (χ4v) is 3.04. The van der Waals surface area contributed by atoms with Crippen molar-refractivity contribution < 1.29 is 19.6 Å². The molecule has 0 radical (unpaired) electrons. The molecule has 3 rings (SSSR count). The Morgan fingerprint density at radius 3 is 2.00 bits per heavy atom. The monoisotopic (exact) mass is 366 g/mol.